The van der Waals surface area contributed by atoms with Gasteiger partial charge < -0.3 is 9.73 Å². The summed E-state index contributed by atoms with van der Waals surface area (Å²) in [6, 6.07) is 4.18. The minimum atomic E-state index is -4.19. The Morgan fingerprint density at radius 3 is 2.57 bits per heavy atom. The molecule has 6 heteroatoms. The number of nitrogens with one attached hydrogen (secondary N) is 1. The maximum Gasteiger partial charge on any atom is 0.412 e. The van der Waals surface area contributed by atoms with Gasteiger partial charge in [-0.3, -0.25) is 4.90 Å². The van der Waals surface area contributed by atoms with Gasteiger partial charge in [0.25, 0.3) is 0 Å². The lowest BCUT2D eigenvalue weighted by atomic mass is 10.1. The van der Waals surface area contributed by atoms with Crippen LogP contribution in [0.3, 0.4) is 0 Å². The zero-order valence-electron chi connectivity index (χ0n) is 12.3. The minimum Gasteiger partial charge on any atom is -0.463 e. The lowest BCUT2D eigenvalue weighted by molar-refractivity contribution is -0.0961. The fourth-order valence-electron chi connectivity index (χ4n) is 2.24. The minimum absolute atomic E-state index is 0.0476. The molecule has 0 amide bonds. The summed E-state index contributed by atoms with van der Waals surface area (Å²) in [6.45, 7) is 6.05. The van der Waals surface area contributed by atoms with E-state index in [1.165, 1.54) is 6.08 Å². The van der Waals surface area contributed by atoms with Gasteiger partial charge >= 0.3 is 6.18 Å². The molecule has 3 nitrogen and oxygen atoms in total. The Morgan fingerprint density at radius 1 is 1.29 bits per heavy atom. The van der Waals surface area contributed by atoms with Gasteiger partial charge in [-0.15, -0.1) is 0 Å². The quantitative estimate of drug-likeness (QED) is 0.844. The molecule has 0 bridgehead atoms. The van der Waals surface area contributed by atoms with Crippen LogP contribution in [0, 0.1) is 0 Å². The molecule has 0 fully saturated rings. The maximum atomic E-state index is 12.5. The molecule has 21 heavy (non-hydrogen) atoms. The van der Waals surface area contributed by atoms with Crippen molar-refractivity contribution in [3.05, 3.63) is 35.3 Å². The molecule has 0 unspecified atom stereocenters. The number of furan rings is 1. The Bertz CT molecular complexity index is 491. The highest BCUT2D eigenvalue weighted by molar-refractivity contribution is 5.14. The molecule has 0 aliphatic carbocycles. The lowest BCUT2D eigenvalue weighted by Crippen LogP contribution is -2.31. The highest BCUT2D eigenvalue weighted by Crippen LogP contribution is 2.30. The van der Waals surface area contributed by atoms with E-state index in [0.717, 1.165) is 11.5 Å². The smallest absolute Gasteiger partial charge is 0.412 e. The van der Waals surface area contributed by atoms with Crippen LogP contribution in [-0.4, -0.2) is 30.2 Å². The van der Waals surface area contributed by atoms with Gasteiger partial charge in [-0.2, -0.15) is 13.2 Å². The van der Waals surface area contributed by atoms with Crippen molar-refractivity contribution in [1.29, 1.82) is 0 Å². The van der Waals surface area contributed by atoms with Gasteiger partial charge in [0.05, 0.1) is 13.1 Å². The van der Waals surface area contributed by atoms with Crippen LogP contribution in [0.5, 0.6) is 0 Å². The topological polar surface area (TPSA) is 28.4 Å². The molecule has 1 N–H and O–H groups in total. The summed E-state index contributed by atoms with van der Waals surface area (Å²) in [7, 11) is 0. The van der Waals surface area contributed by atoms with Gasteiger partial charge in [0.15, 0.2) is 0 Å². The van der Waals surface area contributed by atoms with E-state index in [0.29, 0.717) is 32.2 Å². The fourth-order valence-corrected chi connectivity index (χ4v) is 2.24. The van der Waals surface area contributed by atoms with Crippen LogP contribution in [0.1, 0.15) is 31.8 Å². The van der Waals surface area contributed by atoms with Gasteiger partial charge in [-0.25, -0.2) is 0 Å². The van der Waals surface area contributed by atoms with Crippen molar-refractivity contribution in [1.82, 2.24) is 10.2 Å². The van der Waals surface area contributed by atoms with Crippen molar-refractivity contribution in [2.45, 2.75) is 45.6 Å². The Kier molecular flexibility index (Phi) is 5.11. The van der Waals surface area contributed by atoms with Gasteiger partial charge in [-0.1, -0.05) is 19.9 Å². The number of nitrogens with zero attached hydrogens (tertiary/aromatic N) is 1. The summed E-state index contributed by atoms with van der Waals surface area (Å²) >= 11 is 0. The monoisotopic (exact) mass is 302 g/mol. The second-order valence-electron chi connectivity index (χ2n) is 5.62. The molecule has 1 aromatic rings. The third kappa shape index (κ3) is 4.89. The molecular formula is C15H21F3N2O. The van der Waals surface area contributed by atoms with E-state index >= 15 is 0 Å². The molecule has 0 saturated heterocycles. The van der Waals surface area contributed by atoms with Crippen LogP contribution >= 0.6 is 0 Å². The summed E-state index contributed by atoms with van der Waals surface area (Å²) in [5.74, 6) is 1.64. The van der Waals surface area contributed by atoms with Gasteiger partial charge in [0.1, 0.15) is 11.5 Å². The van der Waals surface area contributed by atoms with Crippen LogP contribution in [0.2, 0.25) is 0 Å². The SMILES string of the molecule is CC(C)NCc1ccc(CN2CC=C(C(F)(F)F)CC2)o1. The van der Waals surface area contributed by atoms with E-state index in [-0.39, 0.29) is 6.42 Å². The van der Waals surface area contributed by atoms with Crippen molar-refractivity contribution in [3.63, 3.8) is 0 Å². The molecular weight excluding hydrogens is 281 g/mol. The van der Waals surface area contributed by atoms with Crippen LogP contribution in [0.15, 0.2) is 28.2 Å². The molecule has 2 heterocycles. The second-order valence-corrected chi connectivity index (χ2v) is 5.62. The van der Waals surface area contributed by atoms with Crippen LogP contribution < -0.4 is 5.32 Å². The van der Waals surface area contributed by atoms with Gasteiger partial charge in [-0.05, 0) is 18.6 Å². The highest BCUT2D eigenvalue weighted by Gasteiger charge is 2.34. The summed E-state index contributed by atoms with van der Waals surface area (Å²) in [6.07, 6.45) is -2.87. The van der Waals surface area contributed by atoms with Gasteiger partial charge in [0, 0.05) is 24.7 Å². The average molecular weight is 302 g/mol. The molecule has 2 rings (SSSR count). The molecule has 0 atom stereocenters. The summed E-state index contributed by atoms with van der Waals surface area (Å²) in [5, 5.41) is 3.26. The number of alkyl halides is 3. The first kappa shape index (κ1) is 16.1. The first-order valence-electron chi connectivity index (χ1n) is 7.14. The lowest BCUT2D eigenvalue weighted by Gasteiger charge is -2.26. The van der Waals surface area contributed by atoms with E-state index in [2.05, 4.69) is 19.2 Å². The van der Waals surface area contributed by atoms with Crippen LogP contribution in [-0.2, 0) is 13.1 Å². The maximum absolute atomic E-state index is 12.5. The molecule has 118 valence electrons. The fraction of sp³-hybridized carbons (Fsp3) is 0.600. The van der Waals surface area contributed by atoms with E-state index < -0.39 is 11.7 Å². The molecule has 1 aliphatic rings. The number of hydrogen-bond donors (Lipinski definition) is 1. The van der Waals surface area contributed by atoms with Gasteiger partial charge in [0.2, 0.25) is 0 Å². The molecule has 1 aliphatic heterocycles. The zero-order chi connectivity index (χ0) is 15.5. The highest BCUT2D eigenvalue weighted by atomic mass is 19.4. The Morgan fingerprint density at radius 2 is 2.00 bits per heavy atom. The molecule has 0 spiro atoms. The summed E-state index contributed by atoms with van der Waals surface area (Å²) in [4.78, 5) is 1.95. The van der Waals surface area contributed by atoms with E-state index in [9.17, 15) is 13.2 Å². The van der Waals surface area contributed by atoms with Crippen molar-refractivity contribution in [2.75, 3.05) is 13.1 Å². The molecule has 0 radical (unpaired) electrons. The standard InChI is InChI=1S/C15H21F3N2O/c1-11(2)19-9-13-3-4-14(21-13)10-20-7-5-12(6-8-20)15(16,17)18/h3-5,11,19H,6-10H2,1-2H3. The van der Waals surface area contributed by atoms with Crippen molar-refractivity contribution < 1.29 is 17.6 Å². The third-order valence-corrected chi connectivity index (χ3v) is 3.44. The zero-order valence-corrected chi connectivity index (χ0v) is 12.3. The van der Waals surface area contributed by atoms with E-state index in [1.807, 2.05) is 17.0 Å². The Labute approximate surface area is 122 Å². The van der Waals surface area contributed by atoms with Crippen molar-refractivity contribution in [3.8, 4) is 0 Å². The van der Waals surface area contributed by atoms with E-state index in [1.54, 1.807) is 0 Å². The Hall–Kier alpha value is -1.27. The summed E-state index contributed by atoms with van der Waals surface area (Å²) < 4.78 is 43.3. The van der Waals surface area contributed by atoms with Crippen LogP contribution in [0.25, 0.3) is 0 Å². The predicted molar refractivity (Wildman–Crippen MR) is 74.7 cm³/mol. The largest absolute Gasteiger partial charge is 0.463 e. The summed E-state index contributed by atoms with van der Waals surface area (Å²) in [5.41, 5.74) is -0.417. The second kappa shape index (κ2) is 6.66. The van der Waals surface area contributed by atoms with Crippen molar-refractivity contribution in [2.24, 2.45) is 0 Å². The third-order valence-electron chi connectivity index (χ3n) is 3.44. The number of hydrogen-bond acceptors (Lipinski definition) is 3. The normalized spacial score (nSPS) is 17.3. The first-order chi connectivity index (χ1) is 9.84. The van der Waals surface area contributed by atoms with E-state index in [4.69, 9.17) is 4.42 Å². The number of halogens is 3. The Balaban J connectivity index is 1.85. The predicted octanol–water partition coefficient (Wildman–Crippen LogP) is 3.47. The van der Waals surface area contributed by atoms with Crippen LogP contribution in [0.4, 0.5) is 13.2 Å². The van der Waals surface area contributed by atoms with Crippen molar-refractivity contribution >= 4 is 0 Å². The molecule has 0 aromatic carbocycles. The number of rotatable bonds is 5. The molecule has 1 aromatic heterocycles. The molecule has 0 saturated carbocycles. The average Bonchev–Trinajstić information content (AvgIpc) is 2.83. The first-order valence-corrected chi connectivity index (χ1v) is 7.14.